The van der Waals surface area contributed by atoms with E-state index in [2.05, 4.69) is 0 Å². The molecule has 0 aliphatic rings. The fourth-order valence-corrected chi connectivity index (χ4v) is 1.77. The van der Waals surface area contributed by atoms with Crippen LogP contribution in [-0.4, -0.2) is 12.6 Å². The summed E-state index contributed by atoms with van der Waals surface area (Å²) in [7, 11) is 0. The molecule has 0 saturated heterocycles. The van der Waals surface area contributed by atoms with Gasteiger partial charge in [-0.1, -0.05) is 25.1 Å². The van der Waals surface area contributed by atoms with Gasteiger partial charge in [0.05, 0.1) is 6.61 Å². The zero-order valence-corrected chi connectivity index (χ0v) is 12.3. The van der Waals surface area contributed by atoms with E-state index in [4.69, 9.17) is 9.47 Å². The van der Waals surface area contributed by atoms with Gasteiger partial charge in [-0.2, -0.15) is 0 Å². The summed E-state index contributed by atoms with van der Waals surface area (Å²) in [6, 6.07) is 12.7. The van der Waals surface area contributed by atoms with E-state index in [1.54, 1.807) is 6.08 Å². The number of carbonyl (C=O) groups excluding carboxylic acids is 1. The van der Waals surface area contributed by atoms with Gasteiger partial charge in [-0.05, 0) is 42.8 Å². The van der Waals surface area contributed by atoms with Crippen LogP contribution in [0.4, 0.5) is 4.39 Å². The molecular weight excluding hydrogens is 283 g/mol. The van der Waals surface area contributed by atoms with Crippen molar-refractivity contribution >= 4 is 12.0 Å². The maximum absolute atomic E-state index is 12.8. The van der Waals surface area contributed by atoms with E-state index in [9.17, 15) is 9.18 Å². The second-order valence-corrected chi connectivity index (χ2v) is 4.59. The van der Waals surface area contributed by atoms with Crippen molar-refractivity contribution in [3.05, 3.63) is 66.0 Å². The predicted molar refractivity (Wildman–Crippen MR) is 83.3 cm³/mol. The quantitative estimate of drug-likeness (QED) is 0.455. The Morgan fingerprint density at radius 3 is 2.59 bits per heavy atom. The predicted octanol–water partition coefficient (Wildman–Crippen LogP) is 4.23. The van der Waals surface area contributed by atoms with Crippen LogP contribution >= 0.6 is 0 Å². The van der Waals surface area contributed by atoms with Crippen molar-refractivity contribution in [3.8, 4) is 11.5 Å². The van der Waals surface area contributed by atoms with Crippen molar-refractivity contribution in [1.29, 1.82) is 0 Å². The van der Waals surface area contributed by atoms with E-state index < -0.39 is 5.97 Å². The van der Waals surface area contributed by atoms with E-state index in [1.165, 1.54) is 30.3 Å². The van der Waals surface area contributed by atoms with E-state index >= 15 is 0 Å². The van der Waals surface area contributed by atoms with E-state index in [1.807, 2.05) is 31.2 Å². The van der Waals surface area contributed by atoms with Crippen molar-refractivity contribution in [1.82, 2.24) is 0 Å². The number of ether oxygens (including phenoxy) is 2. The molecule has 3 nitrogen and oxygen atoms in total. The smallest absolute Gasteiger partial charge is 0.336 e. The largest absolute Gasteiger partial charge is 0.493 e. The fourth-order valence-electron chi connectivity index (χ4n) is 1.77. The van der Waals surface area contributed by atoms with Crippen LogP contribution in [0.2, 0.25) is 0 Å². The van der Waals surface area contributed by atoms with Crippen LogP contribution < -0.4 is 9.47 Å². The molecule has 0 aliphatic carbocycles. The van der Waals surface area contributed by atoms with Crippen LogP contribution in [0, 0.1) is 5.82 Å². The Balaban J connectivity index is 2.01. The summed E-state index contributed by atoms with van der Waals surface area (Å²) in [5.41, 5.74) is 0.798. The second-order valence-electron chi connectivity index (χ2n) is 4.59. The van der Waals surface area contributed by atoms with E-state index in [-0.39, 0.29) is 5.82 Å². The maximum atomic E-state index is 12.8. The van der Waals surface area contributed by atoms with Gasteiger partial charge < -0.3 is 9.47 Å². The molecule has 0 aliphatic heterocycles. The van der Waals surface area contributed by atoms with Gasteiger partial charge in [-0.25, -0.2) is 9.18 Å². The Hall–Kier alpha value is -2.62. The van der Waals surface area contributed by atoms with Crippen molar-refractivity contribution in [2.45, 2.75) is 13.3 Å². The topological polar surface area (TPSA) is 35.5 Å². The first-order valence-corrected chi connectivity index (χ1v) is 7.06. The molecule has 4 heteroatoms. The summed E-state index contributed by atoms with van der Waals surface area (Å²) >= 11 is 0. The first kappa shape index (κ1) is 15.8. The Labute approximate surface area is 129 Å². The lowest BCUT2D eigenvalue weighted by Crippen LogP contribution is -2.03. The Morgan fingerprint density at radius 2 is 1.86 bits per heavy atom. The number of hydrogen-bond acceptors (Lipinski definition) is 3. The number of esters is 1. The summed E-state index contributed by atoms with van der Waals surface area (Å²) < 4.78 is 23.5. The summed E-state index contributed by atoms with van der Waals surface area (Å²) in [5.74, 6) is 0.107. The molecule has 22 heavy (non-hydrogen) atoms. The third-order valence-electron chi connectivity index (χ3n) is 2.81. The van der Waals surface area contributed by atoms with Gasteiger partial charge >= 0.3 is 5.97 Å². The van der Waals surface area contributed by atoms with Gasteiger partial charge in [0.25, 0.3) is 0 Å². The first-order valence-electron chi connectivity index (χ1n) is 7.06. The van der Waals surface area contributed by atoms with Crippen molar-refractivity contribution in [3.63, 3.8) is 0 Å². The lowest BCUT2D eigenvalue weighted by Gasteiger charge is -2.07. The lowest BCUT2D eigenvalue weighted by molar-refractivity contribution is -0.128. The number of rotatable bonds is 6. The second kappa shape index (κ2) is 7.98. The zero-order valence-electron chi connectivity index (χ0n) is 12.3. The van der Waals surface area contributed by atoms with Crippen molar-refractivity contribution in [2.24, 2.45) is 0 Å². The molecule has 0 N–H and O–H groups in total. The maximum Gasteiger partial charge on any atom is 0.336 e. The highest BCUT2D eigenvalue weighted by Crippen LogP contribution is 2.20. The molecule has 0 atom stereocenters. The Bertz CT molecular complexity index is 648. The summed E-state index contributed by atoms with van der Waals surface area (Å²) in [4.78, 5) is 11.8. The molecule has 0 aromatic heterocycles. The van der Waals surface area contributed by atoms with Gasteiger partial charge in [0.1, 0.15) is 17.3 Å². The monoisotopic (exact) mass is 300 g/mol. The van der Waals surface area contributed by atoms with E-state index in [0.29, 0.717) is 12.4 Å². The van der Waals surface area contributed by atoms with Crippen LogP contribution in [0.15, 0.2) is 54.6 Å². The molecule has 2 aromatic carbocycles. The highest BCUT2D eigenvalue weighted by Gasteiger charge is 2.03. The standard InChI is InChI=1S/C18H17FO3/c1-2-13-21-17-6-4-3-5-14(17)7-12-18(20)22-16-10-8-15(19)9-11-16/h3-12H,2,13H2,1H3/b12-7+. The molecule has 0 saturated carbocycles. The number of carbonyl (C=O) groups is 1. The molecule has 0 amide bonds. The minimum Gasteiger partial charge on any atom is -0.493 e. The molecule has 0 spiro atoms. The van der Waals surface area contributed by atoms with Crippen LogP contribution in [0.25, 0.3) is 6.08 Å². The highest BCUT2D eigenvalue weighted by molar-refractivity contribution is 5.89. The van der Waals surface area contributed by atoms with Gasteiger partial charge in [0.2, 0.25) is 0 Å². The number of halogens is 1. The third-order valence-corrected chi connectivity index (χ3v) is 2.81. The average Bonchev–Trinajstić information content (AvgIpc) is 2.54. The van der Waals surface area contributed by atoms with E-state index in [0.717, 1.165) is 17.7 Å². The van der Waals surface area contributed by atoms with Crippen LogP contribution in [0.3, 0.4) is 0 Å². The molecule has 0 fully saturated rings. The van der Waals surface area contributed by atoms with Gasteiger partial charge in [0.15, 0.2) is 0 Å². The average molecular weight is 300 g/mol. The Morgan fingerprint density at radius 1 is 1.14 bits per heavy atom. The molecule has 0 radical (unpaired) electrons. The molecule has 0 unspecified atom stereocenters. The number of hydrogen-bond donors (Lipinski definition) is 0. The lowest BCUT2D eigenvalue weighted by atomic mass is 10.2. The summed E-state index contributed by atoms with van der Waals surface area (Å²) in [5, 5.41) is 0. The van der Waals surface area contributed by atoms with Gasteiger partial charge in [-0.15, -0.1) is 0 Å². The molecule has 2 rings (SSSR count). The van der Waals surface area contributed by atoms with Crippen molar-refractivity contribution in [2.75, 3.05) is 6.61 Å². The summed E-state index contributed by atoms with van der Waals surface area (Å²) in [6.45, 7) is 2.64. The number of para-hydroxylation sites is 1. The Kier molecular flexibility index (Phi) is 5.72. The molecule has 114 valence electrons. The molecular formula is C18H17FO3. The minimum absolute atomic E-state index is 0.298. The SMILES string of the molecule is CCCOc1ccccc1/C=C/C(=O)Oc1ccc(F)cc1. The summed E-state index contributed by atoms with van der Waals surface area (Å²) in [6.07, 6.45) is 3.86. The first-order chi connectivity index (χ1) is 10.7. The number of benzene rings is 2. The third kappa shape index (κ3) is 4.74. The molecule has 0 bridgehead atoms. The highest BCUT2D eigenvalue weighted by atomic mass is 19.1. The van der Waals surface area contributed by atoms with Gasteiger partial charge in [0, 0.05) is 11.6 Å². The normalized spacial score (nSPS) is 10.6. The van der Waals surface area contributed by atoms with Crippen molar-refractivity contribution < 1.29 is 18.7 Å². The minimum atomic E-state index is -0.531. The van der Waals surface area contributed by atoms with Crippen LogP contribution in [0.5, 0.6) is 11.5 Å². The van der Waals surface area contributed by atoms with Crippen LogP contribution in [0.1, 0.15) is 18.9 Å². The fraction of sp³-hybridized carbons (Fsp3) is 0.167. The molecule has 2 aromatic rings. The van der Waals surface area contributed by atoms with Gasteiger partial charge in [-0.3, -0.25) is 0 Å². The zero-order chi connectivity index (χ0) is 15.8. The van der Waals surface area contributed by atoms with Crippen LogP contribution in [-0.2, 0) is 4.79 Å². The molecule has 0 heterocycles.